The summed E-state index contributed by atoms with van der Waals surface area (Å²) in [5.41, 5.74) is 3.34. The number of nitrogens with zero attached hydrogens (tertiary/aromatic N) is 3. The second kappa shape index (κ2) is 7.45. The van der Waals surface area contributed by atoms with Crippen molar-refractivity contribution in [2.75, 3.05) is 35.7 Å². The zero-order chi connectivity index (χ0) is 20.0. The molecule has 1 saturated carbocycles. The van der Waals surface area contributed by atoms with Gasteiger partial charge < -0.3 is 19.9 Å². The quantitative estimate of drug-likeness (QED) is 0.735. The molecule has 2 aromatic rings. The van der Waals surface area contributed by atoms with Crippen LogP contribution in [0.4, 0.5) is 11.8 Å². The number of fused-ring (bicyclic) bond motifs is 1. The van der Waals surface area contributed by atoms with Crippen LogP contribution in [-0.4, -0.2) is 50.6 Å². The van der Waals surface area contributed by atoms with Crippen molar-refractivity contribution >= 4 is 22.9 Å². The highest BCUT2D eigenvalue weighted by Crippen LogP contribution is 2.42. The normalized spacial score (nSPS) is 23.1. The van der Waals surface area contributed by atoms with E-state index < -0.39 is 11.2 Å². The fourth-order valence-electron chi connectivity index (χ4n) is 4.39. The molecule has 5 rings (SSSR count). The van der Waals surface area contributed by atoms with Gasteiger partial charge in [-0.05, 0) is 55.3 Å². The average Bonchev–Trinajstić information content (AvgIpc) is 3.42. The minimum absolute atomic E-state index is 0.0791. The number of piperidine rings is 1. The van der Waals surface area contributed by atoms with Gasteiger partial charge in [0, 0.05) is 19.5 Å². The predicted octanol–water partition coefficient (Wildman–Crippen LogP) is 2.77. The van der Waals surface area contributed by atoms with Gasteiger partial charge in [0.05, 0.1) is 12.1 Å². The molecule has 1 atom stereocenters. The number of rotatable bonds is 5. The number of hydrogen-bond acceptors (Lipinski definition) is 6. The molecule has 2 N–H and O–H groups in total. The number of aliphatic hydroxyl groups excluding tert-OH is 1. The van der Waals surface area contributed by atoms with E-state index in [-0.39, 0.29) is 12.1 Å². The minimum Gasteiger partial charge on any atom is -0.611 e. The van der Waals surface area contributed by atoms with Gasteiger partial charge in [-0.3, -0.25) is 0 Å². The van der Waals surface area contributed by atoms with Gasteiger partial charge in [0.2, 0.25) is 10.8 Å². The lowest BCUT2D eigenvalue weighted by Gasteiger charge is -2.32. The molecule has 1 aliphatic carbocycles. The van der Waals surface area contributed by atoms with Gasteiger partial charge in [-0.15, -0.1) is 0 Å². The standard InChI is InChI=1S/C22H28N4O2S/c1-15-2-4-16(5-3-15)17-6-11-26(12-7-17)21-23-18-8-13-29(28)19(18)20(24-21)25-22(14-27)9-10-22/h2-5,17,27H,6-14H2,1H3,(H,23,24,25). The summed E-state index contributed by atoms with van der Waals surface area (Å²) < 4.78 is 12.5. The van der Waals surface area contributed by atoms with Crippen molar-refractivity contribution in [2.45, 2.75) is 55.4 Å². The van der Waals surface area contributed by atoms with E-state index in [4.69, 9.17) is 9.97 Å². The molecule has 1 aromatic carbocycles. The summed E-state index contributed by atoms with van der Waals surface area (Å²) in [5, 5.41) is 13.1. The van der Waals surface area contributed by atoms with E-state index in [2.05, 4.69) is 41.4 Å². The summed E-state index contributed by atoms with van der Waals surface area (Å²) in [4.78, 5) is 12.6. The lowest BCUT2D eigenvalue weighted by Crippen LogP contribution is -2.35. The van der Waals surface area contributed by atoms with Crippen LogP contribution in [0.15, 0.2) is 29.2 Å². The van der Waals surface area contributed by atoms with Crippen molar-refractivity contribution < 1.29 is 9.66 Å². The van der Waals surface area contributed by atoms with E-state index in [1.54, 1.807) is 0 Å². The van der Waals surface area contributed by atoms with E-state index in [9.17, 15) is 9.66 Å². The van der Waals surface area contributed by atoms with Gasteiger partial charge in [0.25, 0.3) is 0 Å². The third kappa shape index (κ3) is 3.71. The molecule has 0 amide bonds. The number of aryl methyl sites for hydroxylation is 2. The number of aromatic nitrogens is 2. The Balaban J connectivity index is 1.36. The Morgan fingerprint density at radius 1 is 1.21 bits per heavy atom. The van der Waals surface area contributed by atoms with Crippen LogP contribution in [0.3, 0.4) is 0 Å². The molecule has 0 bridgehead atoms. The summed E-state index contributed by atoms with van der Waals surface area (Å²) in [6, 6.07) is 8.89. The summed E-state index contributed by atoms with van der Waals surface area (Å²) in [6.07, 6.45) is 4.74. The number of nitrogens with one attached hydrogen (secondary N) is 1. The fraction of sp³-hybridized carbons (Fsp3) is 0.545. The number of benzene rings is 1. The predicted molar refractivity (Wildman–Crippen MR) is 115 cm³/mol. The van der Waals surface area contributed by atoms with E-state index in [1.807, 2.05) is 0 Å². The molecule has 2 fully saturated rings. The zero-order valence-electron chi connectivity index (χ0n) is 16.9. The van der Waals surface area contributed by atoms with Crippen LogP contribution in [0.25, 0.3) is 0 Å². The Hall–Kier alpha value is -1.83. The SMILES string of the molecule is Cc1ccc(C2CCN(c3nc4c(c(NC5(CO)CC5)n3)[S+]([O-])CC4)CC2)cc1. The van der Waals surface area contributed by atoms with Gasteiger partial charge in [0.1, 0.15) is 11.4 Å². The van der Waals surface area contributed by atoms with Gasteiger partial charge >= 0.3 is 0 Å². The second-order valence-corrected chi connectivity index (χ2v) is 10.2. The van der Waals surface area contributed by atoms with Crippen LogP contribution in [0.1, 0.15) is 48.4 Å². The Kier molecular flexibility index (Phi) is 4.92. The van der Waals surface area contributed by atoms with Crippen molar-refractivity contribution in [1.29, 1.82) is 0 Å². The Labute approximate surface area is 174 Å². The summed E-state index contributed by atoms with van der Waals surface area (Å²) >= 11 is -1.05. The highest BCUT2D eigenvalue weighted by atomic mass is 32.2. The third-order valence-corrected chi connectivity index (χ3v) is 8.00. The van der Waals surface area contributed by atoms with Crippen molar-refractivity contribution in [1.82, 2.24) is 9.97 Å². The number of aliphatic hydroxyl groups is 1. The van der Waals surface area contributed by atoms with Crippen LogP contribution in [-0.2, 0) is 17.6 Å². The zero-order valence-corrected chi connectivity index (χ0v) is 17.7. The molecule has 7 heteroatoms. The first-order chi connectivity index (χ1) is 14.1. The molecule has 154 valence electrons. The largest absolute Gasteiger partial charge is 0.611 e. The maximum Gasteiger partial charge on any atom is 0.227 e. The molecular formula is C22H28N4O2S. The molecule has 0 radical (unpaired) electrons. The summed E-state index contributed by atoms with van der Waals surface area (Å²) in [7, 11) is 0. The number of hydrogen-bond donors (Lipinski definition) is 2. The highest BCUT2D eigenvalue weighted by molar-refractivity contribution is 7.91. The second-order valence-electron chi connectivity index (χ2n) is 8.68. The summed E-state index contributed by atoms with van der Waals surface area (Å²) in [5.74, 6) is 2.61. The lowest BCUT2D eigenvalue weighted by molar-refractivity contribution is 0.265. The first-order valence-electron chi connectivity index (χ1n) is 10.6. The molecular weight excluding hydrogens is 384 g/mol. The van der Waals surface area contributed by atoms with Crippen LogP contribution in [0, 0.1) is 6.92 Å². The highest BCUT2D eigenvalue weighted by Gasteiger charge is 2.45. The molecule has 0 spiro atoms. The Bertz CT molecular complexity index is 892. The fourth-order valence-corrected chi connectivity index (χ4v) is 5.69. The molecule has 6 nitrogen and oxygen atoms in total. The van der Waals surface area contributed by atoms with E-state index >= 15 is 0 Å². The van der Waals surface area contributed by atoms with Crippen LogP contribution in [0.5, 0.6) is 0 Å². The molecule has 1 unspecified atom stereocenters. The summed E-state index contributed by atoms with van der Waals surface area (Å²) in [6.45, 7) is 4.05. The molecule has 1 aromatic heterocycles. The van der Waals surface area contributed by atoms with Crippen molar-refractivity contribution in [3.05, 3.63) is 41.1 Å². The van der Waals surface area contributed by atoms with E-state index in [0.29, 0.717) is 17.5 Å². The first-order valence-corrected chi connectivity index (χ1v) is 11.9. The first kappa shape index (κ1) is 19.2. The van der Waals surface area contributed by atoms with Crippen LogP contribution >= 0.6 is 0 Å². The minimum atomic E-state index is -1.05. The van der Waals surface area contributed by atoms with E-state index in [0.717, 1.165) is 61.7 Å². The smallest absolute Gasteiger partial charge is 0.227 e. The van der Waals surface area contributed by atoms with Crippen LogP contribution < -0.4 is 10.2 Å². The van der Waals surface area contributed by atoms with Gasteiger partial charge in [-0.1, -0.05) is 29.8 Å². The number of anilines is 2. The molecule has 2 aliphatic heterocycles. The Morgan fingerprint density at radius 3 is 2.59 bits per heavy atom. The van der Waals surface area contributed by atoms with Gasteiger partial charge in [-0.25, -0.2) is 4.98 Å². The topological polar surface area (TPSA) is 84.3 Å². The van der Waals surface area contributed by atoms with Crippen LogP contribution in [0.2, 0.25) is 0 Å². The molecule has 1 saturated heterocycles. The maximum atomic E-state index is 12.5. The lowest BCUT2D eigenvalue weighted by atomic mass is 9.89. The van der Waals surface area contributed by atoms with Gasteiger partial charge in [-0.2, -0.15) is 4.98 Å². The Morgan fingerprint density at radius 2 is 1.93 bits per heavy atom. The van der Waals surface area contributed by atoms with Crippen molar-refractivity contribution in [3.63, 3.8) is 0 Å². The van der Waals surface area contributed by atoms with Gasteiger partial charge in [0.15, 0.2) is 5.82 Å². The molecule has 3 aliphatic rings. The van der Waals surface area contributed by atoms with E-state index in [1.165, 1.54) is 11.1 Å². The van der Waals surface area contributed by atoms with Crippen molar-refractivity contribution in [2.24, 2.45) is 0 Å². The molecule has 3 heterocycles. The third-order valence-electron chi connectivity index (χ3n) is 6.54. The maximum absolute atomic E-state index is 12.5. The molecule has 29 heavy (non-hydrogen) atoms. The van der Waals surface area contributed by atoms with Crippen molar-refractivity contribution in [3.8, 4) is 0 Å². The monoisotopic (exact) mass is 412 g/mol. The average molecular weight is 413 g/mol.